The Hall–Kier alpha value is -0.0800. The zero-order valence-corrected chi connectivity index (χ0v) is 11.5. The monoisotopic (exact) mass is 226 g/mol. The Morgan fingerprint density at radius 1 is 1.12 bits per heavy atom. The molecule has 0 aromatic carbocycles. The third-order valence-corrected chi connectivity index (χ3v) is 3.59. The highest BCUT2D eigenvalue weighted by molar-refractivity contribution is 4.68. The lowest BCUT2D eigenvalue weighted by Crippen LogP contribution is -2.35. The summed E-state index contributed by atoms with van der Waals surface area (Å²) in [7, 11) is 2.27. The Labute approximate surface area is 102 Å². The first kappa shape index (κ1) is 14.0. The molecule has 1 aliphatic rings. The molecular weight excluding hydrogens is 196 g/mol. The molecule has 0 radical (unpaired) electrons. The topological polar surface area (TPSA) is 15.3 Å². The molecule has 16 heavy (non-hydrogen) atoms. The molecule has 1 rings (SSSR count). The Balaban J connectivity index is 2.09. The minimum absolute atomic E-state index is 0.617. The van der Waals surface area contributed by atoms with E-state index in [9.17, 15) is 0 Å². The molecule has 0 aliphatic heterocycles. The van der Waals surface area contributed by atoms with Crippen LogP contribution in [-0.4, -0.2) is 37.6 Å². The second-order valence-electron chi connectivity index (χ2n) is 5.73. The molecule has 2 nitrogen and oxygen atoms in total. The molecule has 0 spiro atoms. The second kappa shape index (κ2) is 8.08. The normalized spacial score (nSPS) is 19.3. The van der Waals surface area contributed by atoms with E-state index in [1.807, 2.05) is 0 Å². The fourth-order valence-corrected chi connectivity index (χ4v) is 2.62. The van der Waals surface area contributed by atoms with E-state index in [2.05, 4.69) is 31.1 Å². The number of hydrogen-bond donors (Lipinski definition) is 1. The van der Waals surface area contributed by atoms with Gasteiger partial charge in [0.25, 0.3) is 0 Å². The van der Waals surface area contributed by atoms with E-state index in [1.54, 1.807) is 0 Å². The molecule has 2 heteroatoms. The molecule has 96 valence electrons. The zero-order chi connectivity index (χ0) is 11.8. The molecule has 0 atom stereocenters. The zero-order valence-electron chi connectivity index (χ0n) is 11.5. The van der Waals surface area contributed by atoms with Gasteiger partial charge in [0.15, 0.2) is 0 Å². The van der Waals surface area contributed by atoms with Crippen molar-refractivity contribution in [3.8, 4) is 0 Å². The number of hydrogen-bond acceptors (Lipinski definition) is 2. The van der Waals surface area contributed by atoms with E-state index in [1.165, 1.54) is 51.6 Å². The quantitative estimate of drug-likeness (QED) is 0.701. The van der Waals surface area contributed by atoms with Crippen molar-refractivity contribution < 1.29 is 0 Å². The number of likely N-dealkylation sites (N-methyl/N-ethyl adjacent to an activating group) is 1. The lowest BCUT2D eigenvalue weighted by molar-refractivity contribution is 0.258. The maximum Gasteiger partial charge on any atom is 0.0104 e. The maximum atomic E-state index is 3.48. The SMILES string of the molecule is CC(C)NCCN(C)CC1CCCCCC1. The van der Waals surface area contributed by atoms with Crippen LogP contribution in [0.25, 0.3) is 0 Å². The van der Waals surface area contributed by atoms with Gasteiger partial charge in [0.05, 0.1) is 0 Å². The summed E-state index contributed by atoms with van der Waals surface area (Å²) >= 11 is 0. The highest BCUT2D eigenvalue weighted by Gasteiger charge is 2.13. The molecule has 0 amide bonds. The summed E-state index contributed by atoms with van der Waals surface area (Å²) in [6.45, 7) is 8.05. The van der Waals surface area contributed by atoms with Crippen molar-refractivity contribution in [2.24, 2.45) is 5.92 Å². The van der Waals surface area contributed by atoms with Gasteiger partial charge in [-0.1, -0.05) is 39.5 Å². The molecule has 1 saturated carbocycles. The van der Waals surface area contributed by atoms with Gasteiger partial charge < -0.3 is 10.2 Å². The first-order chi connectivity index (χ1) is 7.68. The van der Waals surface area contributed by atoms with Crippen LogP contribution in [0.1, 0.15) is 52.4 Å². The van der Waals surface area contributed by atoms with Crippen LogP contribution in [0, 0.1) is 5.92 Å². The van der Waals surface area contributed by atoms with Crippen molar-refractivity contribution in [1.82, 2.24) is 10.2 Å². The molecule has 0 bridgehead atoms. The van der Waals surface area contributed by atoms with E-state index in [0.717, 1.165) is 12.5 Å². The third kappa shape index (κ3) is 6.49. The van der Waals surface area contributed by atoms with Gasteiger partial charge >= 0.3 is 0 Å². The average Bonchev–Trinajstić information content (AvgIpc) is 2.45. The van der Waals surface area contributed by atoms with E-state index < -0.39 is 0 Å². The van der Waals surface area contributed by atoms with Gasteiger partial charge in [-0.25, -0.2) is 0 Å². The van der Waals surface area contributed by atoms with Crippen LogP contribution >= 0.6 is 0 Å². The van der Waals surface area contributed by atoms with E-state index in [0.29, 0.717) is 6.04 Å². The van der Waals surface area contributed by atoms with Gasteiger partial charge in [-0.3, -0.25) is 0 Å². The Kier molecular flexibility index (Phi) is 7.06. The molecule has 1 N–H and O–H groups in total. The van der Waals surface area contributed by atoms with Crippen molar-refractivity contribution in [3.05, 3.63) is 0 Å². The predicted octanol–water partition coefficient (Wildman–Crippen LogP) is 2.89. The van der Waals surface area contributed by atoms with Gasteiger partial charge in [0.2, 0.25) is 0 Å². The van der Waals surface area contributed by atoms with Gasteiger partial charge in [0, 0.05) is 25.7 Å². The largest absolute Gasteiger partial charge is 0.313 e. The summed E-state index contributed by atoms with van der Waals surface area (Å²) in [5.41, 5.74) is 0. The number of nitrogens with zero attached hydrogens (tertiary/aromatic N) is 1. The smallest absolute Gasteiger partial charge is 0.0104 e. The van der Waals surface area contributed by atoms with Gasteiger partial charge in [-0.05, 0) is 25.8 Å². The fraction of sp³-hybridized carbons (Fsp3) is 1.00. The lowest BCUT2D eigenvalue weighted by atomic mass is 10.00. The standard InChI is InChI=1S/C14H30N2/c1-13(2)15-10-11-16(3)12-14-8-6-4-5-7-9-14/h13-15H,4-12H2,1-3H3. The Bertz CT molecular complexity index is 160. The van der Waals surface area contributed by atoms with Crippen LogP contribution < -0.4 is 5.32 Å². The van der Waals surface area contributed by atoms with Crippen LogP contribution in [0.5, 0.6) is 0 Å². The summed E-state index contributed by atoms with van der Waals surface area (Å²) in [5.74, 6) is 0.964. The van der Waals surface area contributed by atoms with Crippen molar-refractivity contribution >= 4 is 0 Å². The predicted molar refractivity (Wildman–Crippen MR) is 71.8 cm³/mol. The van der Waals surface area contributed by atoms with Crippen LogP contribution in [0.3, 0.4) is 0 Å². The minimum atomic E-state index is 0.617. The summed E-state index contributed by atoms with van der Waals surface area (Å²) in [4.78, 5) is 2.51. The molecule has 1 aliphatic carbocycles. The van der Waals surface area contributed by atoms with Gasteiger partial charge in [0.1, 0.15) is 0 Å². The van der Waals surface area contributed by atoms with E-state index in [-0.39, 0.29) is 0 Å². The van der Waals surface area contributed by atoms with Crippen LogP contribution in [0.4, 0.5) is 0 Å². The van der Waals surface area contributed by atoms with Crippen molar-refractivity contribution in [3.63, 3.8) is 0 Å². The van der Waals surface area contributed by atoms with Crippen molar-refractivity contribution in [2.75, 3.05) is 26.7 Å². The second-order valence-corrected chi connectivity index (χ2v) is 5.73. The molecule has 0 heterocycles. The highest BCUT2D eigenvalue weighted by atomic mass is 15.1. The maximum absolute atomic E-state index is 3.48. The Morgan fingerprint density at radius 2 is 1.75 bits per heavy atom. The molecular formula is C14H30N2. The first-order valence-corrected chi connectivity index (χ1v) is 7.10. The van der Waals surface area contributed by atoms with Crippen molar-refractivity contribution in [2.45, 2.75) is 58.4 Å². The van der Waals surface area contributed by atoms with Gasteiger partial charge in [-0.2, -0.15) is 0 Å². The van der Waals surface area contributed by atoms with Crippen molar-refractivity contribution in [1.29, 1.82) is 0 Å². The van der Waals surface area contributed by atoms with E-state index >= 15 is 0 Å². The highest BCUT2D eigenvalue weighted by Crippen LogP contribution is 2.23. The van der Waals surface area contributed by atoms with E-state index in [4.69, 9.17) is 0 Å². The summed E-state index contributed by atoms with van der Waals surface area (Å²) in [6, 6.07) is 0.617. The van der Waals surface area contributed by atoms with Crippen LogP contribution in [0.15, 0.2) is 0 Å². The summed E-state index contributed by atoms with van der Waals surface area (Å²) < 4.78 is 0. The Morgan fingerprint density at radius 3 is 2.31 bits per heavy atom. The minimum Gasteiger partial charge on any atom is -0.313 e. The fourth-order valence-electron chi connectivity index (χ4n) is 2.62. The van der Waals surface area contributed by atoms with Crippen LogP contribution in [-0.2, 0) is 0 Å². The molecule has 0 aromatic rings. The number of rotatable bonds is 6. The lowest BCUT2D eigenvalue weighted by Gasteiger charge is -2.23. The molecule has 1 fully saturated rings. The third-order valence-electron chi connectivity index (χ3n) is 3.59. The van der Waals surface area contributed by atoms with Crippen LogP contribution in [0.2, 0.25) is 0 Å². The number of nitrogens with one attached hydrogen (secondary N) is 1. The molecule has 0 aromatic heterocycles. The average molecular weight is 226 g/mol. The first-order valence-electron chi connectivity index (χ1n) is 7.10. The summed E-state index contributed by atoms with van der Waals surface area (Å²) in [6.07, 6.45) is 8.78. The molecule has 0 saturated heterocycles. The molecule has 0 unspecified atom stereocenters. The van der Waals surface area contributed by atoms with Gasteiger partial charge in [-0.15, -0.1) is 0 Å². The summed E-state index contributed by atoms with van der Waals surface area (Å²) in [5, 5.41) is 3.48.